The first-order valence-electron chi connectivity index (χ1n) is 7.06. The number of ether oxygens (including phenoxy) is 1. The minimum atomic E-state index is -0.665. The fourth-order valence-corrected chi connectivity index (χ4v) is 2.98. The van der Waals surface area contributed by atoms with Crippen molar-refractivity contribution in [3.8, 4) is 5.75 Å². The Morgan fingerprint density at radius 3 is 2.52 bits per heavy atom. The molecule has 0 aliphatic rings. The van der Waals surface area contributed by atoms with Crippen molar-refractivity contribution in [2.45, 2.75) is 6.92 Å². The van der Waals surface area contributed by atoms with Crippen molar-refractivity contribution in [2.75, 3.05) is 0 Å². The number of nitro groups is 1. The van der Waals surface area contributed by atoms with Crippen molar-refractivity contribution >= 4 is 45.2 Å². The van der Waals surface area contributed by atoms with Gasteiger partial charge in [0, 0.05) is 23.6 Å². The number of esters is 1. The van der Waals surface area contributed by atoms with E-state index in [0.29, 0.717) is 9.15 Å². The lowest BCUT2D eigenvalue weighted by Gasteiger charge is -2.09. The van der Waals surface area contributed by atoms with Crippen molar-refractivity contribution in [2.24, 2.45) is 0 Å². The summed E-state index contributed by atoms with van der Waals surface area (Å²) in [5.41, 5.74) is 0.681. The van der Waals surface area contributed by atoms with Crippen LogP contribution in [0.4, 0.5) is 5.69 Å². The van der Waals surface area contributed by atoms with E-state index in [-0.39, 0.29) is 17.0 Å². The molecule has 1 heterocycles. The summed E-state index contributed by atoms with van der Waals surface area (Å²) in [6.45, 7) is 1.79. The molecule has 0 saturated heterocycles. The molecule has 0 spiro atoms. The zero-order valence-corrected chi connectivity index (χ0v) is 15.0. The molecular weight excluding hydrogens is 441 g/mol. The smallest absolute Gasteiger partial charge is 0.343 e. The van der Waals surface area contributed by atoms with Gasteiger partial charge in [-0.2, -0.15) is 0 Å². The Kier molecular flexibility index (Phi) is 4.53. The lowest BCUT2D eigenvalue weighted by Crippen LogP contribution is -2.10. The second kappa shape index (κ2) is 6.63. The summed E-state index contributed by atoms with van der Waals surface area (Å²) < 4.78 is 11.0. The van der Waals surface area contributed by atoms with Crippen molar-refractivity contribution in [3.05, 3.63) is 77.7 Å². The quantitative estimate of drug-likeness (QED) is 0.150. The number of benzene rings is 2. The molecule has 0 atom stereocenters. The highest BCUT2D eigenvalue weighted by atomic mass is 127. The summed E-state index contributed by atoms with van der Waals surface area (Å²) in [5.74, 6) is -0.424. The lowest BCUT2D eigenvalue weighted by atomic mass is 10.1. The number of halogens is 1. The minimum Gasteiger partial charge on any atom is -0.422 e. The molecule has 8 heteroatoms. The van der Waals surface area contributed by atoms with Gasteiger partial charge >= 0.3 is 11.6 Å². The van der Waals surface area contributed by atoms with Crippen LogP contribution in [0.5, 0.6) is 5.75 Å². The van der Waals surface area contributed by atoms with Gasteiger partial charge in [-0.25, -0.2) is 9.59 Å². The zero-order chi connectivity index (χ0) is 18.1. The van der Waals surface area contributed by atoms with E-state index in [1.54, 1.807) is 19.1 Å². The van der Waals surface area contributed by atoms with Crippen molar-refractivity contribution in [3.63, 3.8) is 0 Å². The van der Waals surface area contributed by atoms with Crippen LogP contribution in [0.15, 0.2) is 51.7 Å². The molecule has 0 fully saturated rings. The fourth-order valence-electron chi connectivity index (χ4n) is 2.29. The summed E-state index contributed by atoms with van der Waals surface area (Å²) in [6.07, 6.45) is 0. The third-order valence-electron chi connectivity index (χ3n) is 3.54. The summed E-state index contributed by atoms with van der Waals surface area (Å²) in [7, 11) is 0. The average Bonchev–Trinajstić information content (AvgIpc) is 2.57. The summed E-state index contributed by atoms with van der Waals surface area (Å²) in [5, 5.41) is 11.4. The number of nitrogens with zero attached hydrogens (tertiary/aromatic N) is 1. The Balaban J connectivity index is 1.94. The number of fused-ring (bicyclic) bond motifs is 1. The first-order chi connectivity index (χ1) is 11.9. The monoisotopic (exact) mass is 451 g/mol. The van der Waals surface area contributed by atoms with Gasteiger partial charge in [0.1, 0.15) is 5.75 Å². The molecule has 0 N–H and O–H groups in total. The van der Waals surface area contributed by atoms with E-state index in [1.165, 1.54) is 30.3 Å². The molecular formula is C17H10INO6. The SMILES string of the molecule is Cc1cc(=O)oc2c(I)c(OC(=O)c3ccc([N+](=O)[O-])cc3)ccc12. The zero-order valence-electron chi connectivity index (χ0n) is 12.8. The van der Waals surface area contributed by atoms with E-state index < -0.39 is 16.5 Å². The van der Waals surface area contributed by atoms with Crippen molar-refractivity contribution in [1.82, 2.24) is 0 Å². The van der Waals surface area contributed by atoms with Gasteiger partial charge in [0.2, 0.25) is 0 Å². The number of rotatable bonds is 3. The maximum atomic E-state index is 12.2. The summed E-state index contributed by atoms with van der Waals surface area (Å²) in [4.78, 5) is 33.9. The minimum absolute atomic E-state index is 0.117. The lowest BCUT2D eigenvalue weighted by molar-refractivity contribution is -0.384. The molecule has 7 nitrogen and oxygen atoms in total. The molecule has 0 aliphatic heterocycles. The number of hydrogen-bond donors (Lipinski definition) is 0. The van der Waals surface area contributed by atoms with E-state index in [1.807, 2.05) is 22.6 Å². The maximum Gasteiger partial charge on any atom is 0.343 e. The van der Waals surface area contributed by atoms with E-state index in [4.69, 9.17) is 9.15 Å². The van der Waals surface area contributed by atoms with Gasteiger partial charge in [0.15, 0.2) is 5.58 Å². The predicted molar refractivity (Wildman–Crippen MR) is 98.0 cm³/mol. The normalized spacial score (nSPS) is 10.6. The fraction of sp³-hybridized carbons (Fsp3) is 0.0588. The van der Waals surface area contributed by atoms with Crippen LogP contribution in [-0.2, 0) is 0 Å². The average molecular weight is 451 g/mol. The first-order valence-corrected chi connectivity index (χ1v) is 8.14. The Labute approximate surface area is 154 Å². The molecule has 126 valence electrons. The van der Waals surface area contributed by atoms with Crippen LogP contribution in [0.2, 0.25) is 0 Å². The largest absolute Gasteiger partial charge is 0.422 e. The standard InChI is InChI=1S/C17H10INO6/c1-9-8-14(20)25-16-12(9)6-7-13(15(16)18)24-17(21)10-2-4-11(5-3-10)19(22)23/h2-8H,1H3. The van der Waals surface area contributed by atoms with E-state index in [2.05, 4.69) is 0 Å². The molecule has 3 aromatic rings. The van der Waals surface area contributed by atoms with E-state index in [9.17, 15) is 19.7 Å². The molecule has 0 amide bonds. The Bertz CT molecular complexity index is 1060. The highest BCUT2D eigenvalue weighted by Crippen LogP contribution is 2.30. The second-order valence-electron chi connectivity index (χ2n) is 5.20. The predicted octanol–water partition coefficient (Wildman–Crippen LogP) is 3.83. The van der Waals surface area contributed by atoms with Crippen molar-refractivity contribution < 1.29 is 18.9 Å². The summed E-state index contributed by atoms with van der Waals surface area (Å²) >= 11 is 1.94. The molecule has 0 radical (unpaired) electrons. The van der Waals surface area contributed by atoms with Crippen LogP contribution in [0.25, 0.3) is 11.0 Å². The highest BCUT2D eigenvalue weighted by molar-refractivity contribution is 14.1. The molecule has 1 aromatic heterocycles. The van der Waals surface area contributed by atoms with Gasteiger partial charge in [-0.1, -0.05) is 0 Å². The Hall–Kier alpha value is -2.75. The van der Waals surface area contributed by atoms with Crippen LogP contribution in [0.3, 0.4) is 0 Å². The maximum absolute atomic E-state index is 12.2. The van der Waals surface area contributed by atoms with Gasteiger partial charge in [-0.3, -0.25) is 10.1 Å². The number of aryl methyl sites for hydroxylation is 1. The first kappa shape index (κ1) is 17.1. The number of carbonyl (C=O) groups is 1. The van der Waals surface area contributed by atoms with Gasteiger partial charge in [0.05, 0.1) is 14.1 Å². The topological polar surface area (TPSA) is 99.7 Å². The van der Waals surface area contributed by atoms with Crippen LogP contribution in [0, 0.1) is 20.6 Å². The molecule has 25 heavy (non-hydrogen) atoms. The number of nitro benzene ring substituents is 1. The van der Waals surface area contributed by atoms with Crippen LogP contribution in [-0.4, -0.2) is 10.9 Å². The third-order valence-corrected chi connectivity index (χ3v) is 4.56. The van der Waals surface area contributed by atoms with Crippen LogP contribution < -0.4 is 10.4 Å². The highest BCUT2D eigenvalue weighted by Gasteiger charge is 2.16. The second-order valence-corrected chi connectivity index (χ2v) is 6.28. The van der Waals surface area contributed by atoms with E-state index in [0.717, 1.165) is 10.9 Å². The molecule has 0 unspecified atom stereocenters. The van der Waals surface area contributed by atoms with Crippen LogP contribution >= 0.6 is 22.6 Å². The molecule has 3 rings (SSSR count). The molecule has 0 saturated carbocycles. The summed E-state index contributed by atoms with van der Waals surface area (Å²) in [6, 6.07) is 9.79. The van der Waals surface area contributed by atoms with Crippen molar-refractivity contribution in [1.29, 1.82) is 0 Å². The van der Waals surface area contributed by atoms with Gasteiger partial charge in [0.25, 0.3) is 5.69 Å². The van der Waals surface area contributed by atoms with E-state index >= 15 is 0 Å². The molecule has 0 bridgehead atoms. The third kappa shape index (κ3) is 3.38. The Morgan fingerprint density at radius 2 is 1.88 bits per heavy atom. The molecule has 2 aromatic carbocycles. The van der Waals surface area contributed by atoms with Crippen LogP contribution in [0.1, 0.15) is 15.9 Å². The number of non-ortho nitro benzene ring substituents is 1. The molecule has 0 aliphatic carbocycles. The van der Waals surface area contributed by atoms with Gasteiger partial charge in [-0.15, -0.1) is 0 Å². The van der Waals surface area contributed by atoms with Gasteiger partial charge < -0.3 is 9.15 Å². The van der Waals surface area contributed by atoms with Gasteiger partial charge in [-0.05, 0) is 59.3 Å². The number of hydrogen-bond acceptors (Lipinski definition) is 6. The Morgan fingerprint density at radius 1 is 1.20 bits per heavy atom. The number of carbonyl (C=O) groups excluding carboxylic acids is 1.